The lowest BCUT2D eigenvalue weighted by atomic mass is 10.00. The van der Waals surface area contributed by atoms with Gasteiger partial charge in [-0.25, -0.2) is 4.79 Å². The highest BCUT2D eigenvalue weighted by Crippen LogP contribution is 2.20. The molecule has 6 nitrogen and oxygen atoms in total. The summed E-state index contributed by atoms with van der Waals surface area (Å²) in [5, 5.41) is 20.6. The first-order valence-electron chi connectivity index (χ1n) is 6.16. The number of aliphatic carboxylic acids is 1. The third-order valence-electron chi connectivity index (χ3n) is 2.41. The van der Waals surface area contributed by atoms with Crippen LogP contribution < -0.4 is 5.32 Å². The Hall–Kier alpha value is -2.08. The van der Waals surface area contributed by atoms with Gasteiger partial charge in [0.1, 0.15) is 11.5 Å². The molecule has 0 saturated carbocycles. The minimum atomic E-state index is -1.12. The number of aliphatic hydroxyl groups excluding tert-OH is 1. The fraction of sp³-hybridized carbons (Fsp3) is 0.429. The van der Waals surface area contributed by atoms with E-state index < -0.39 is 30.2 Å². The Bertz CT molecular complexity index is 493. The summed E-state index contributed by atoms with van der Waals surface area (Å²) in [6, 6.07) is 6.30. The van der Waals surface area contributed by atoms with Crippen molar-refractivity contribution >= 4 is 17.7 Å². The van der Waals surface area contributed by atoms with Crippen LogP contribution in [0.4, 0.5) is 10.5 Å². The van der Waals surface area contributed by atoms with Gasteiger partial charge in [-0.15, -0.1) is 0 Å². The molecule has 1 aromatic rings. The predicted molar refractivity (Wildman–Crippen MR) is 73.8 cm³/mol. The zero-order valence-electron chi connectivity index (χ0n) is 11.7. The summed E-state index contributed by atoms with van der Waals surface area (Å²) in [6.45, 7) is 4.73. The SMILES string of the molecule is CC(C)(C)OC(=O)Nc1cccc(C(CO)C(=O)O)c1. The number of carboxylic acids is 1. The number of carbonyl (C=O) groups is 2. The number of ether oxygens (including phenoxy) is 1. The standard InChI is InChI=1S/C14H19NO5/c1-14(2,3)20-13(19)15-10-6-4-5-9(7-10)11(8-16)12(17)18/h4-7,11,16H,8H2,1-3H3,(H,15,19)(H,17,18). The van der Waals surface area contributed by atoms with Crippen molar-refractivity contribution in [3.8, 4) is 0 Å². The van der Waals surface area contributed by atoms with Crippen molar-refractivity contribution in [1.29, 1.82) is 0 Å². The van der Waals surface area contributed by atoms with Gasteiger partial charge in [-0.1, -0.05) is 12.1 Å². The third-order valence-corrected chi connectivity index (χ3v) is 2.41. The maximum atomic E-state index is 11.6. The van der Waals surface area contributed by atoms with Gasteiger partial charge >= 0.3 is 12.1 Å². The molecular formula is C14H19NO5. The molecule has 0 spiro atoms. The normalized spacial score (nSPS) is 12.6. The van der Waals surface area contributed by atoms with E-state index in [1.54, 1.807) is 39.0 Å². The summed E-state index contributed by atoms with van der Waals surface area (Å²) >= 11 is 0. The monoisotopic (exact) mass is 281 g/mol. The van der Waals surface area contributed by atoms with E-state index in [1.165, 1.54) is 6.07 Å². The molecule has 1 amide bonds. The van der Waals surface area contributed by atoms with Gasteiger partial charge in [0.2, 0.25) is 0 Å². The van der Waals surface area contributed by atoms with Gasteiger partial charge in [0, 0.05) is 5.69 Å². The molecule has 0 aromatic heterocycles. The molecule has 3 N–H and O–H groups in total. The number of amides is 1. The van der Waals surface area contributed by atoms with Gasteiger partial charge < -0.3 is 14.9 Å². The molecule has 1 rings (SSSR count). The minimum Gasteiger partial charge on any atom is -0.481 e. The zero-order valence-corrected chi connectivity index (χ0v) is 11.7. The molecule has 0 heterocycles. The van der Waals surface area contributed by atoms with E-state index in [1.807, 2.05) is 0 Å². The van der Waals surface area contributed by atoms with E-state index in [0.717, 1.165) is 0 Å². The topological polar surface area (TPSA) is 95.9 Å². The molecule has 110 valence electrons. The van der Waals surface area contributed by atoms with Crippen LogP contribution in [0.15, 0.2) is 24.3 Å². The Morgan fingerprint density at radius 3 is 2.50 bits per heavy atom. The van der Waals surface area contributed by atoms with Crippen molar-refractivity contribution in [1.82, 2.24) is 0 Å². The molecule has 0 aliphatic rings. The number of rotatable bonds is 4. The Labute approximate surface area is 117 Å². The summed E-state index contributed by atoms with van der Waals surface area (Å²) in [5.41, 5.74) is 0.209. The molecule has 0 saturated heterocycles. The van der Waals surface area contributed by atoms with Crippen LogP contribution >= 0.6 is 0 Å². The van der Waals surface area contributed by atoms with Gasteiger partial charge in [0.15, 0.2) is 0 Å². The highest BCUT2D eigenvalue weighted by Gasteiger charge is 2.20. The minimum absolute atomic E-state index is 0.411. The lowest BCUT2D eigenvalue weighted by molar-refractivity contribution is -0.139. The molecule has 0 aliphatic carbocycles. The van der Waals surface area contributed by atoms with E-state index in [-0.39, 0.29) is 0 Å². The molecule has 0 bridgehead atoms. The van der Waals surface area contributed by atoms with Crippen LogP contribution in [-0.4, -0.2) is 34.5 Å². The third kappa shape index (κ3) is 4.89. The van der Waals surface area contributed by atoms with E-state index >= 15 is 0 Å². The molecule has 1 atom stereocenters. The van der Waals surface area contributed by atoms with Gasteiger partial charge in [0.25, 0.3) is 0 Å². The summed E-state index contributed by atoms with van der Waals surface area (Å²) in [7, 11) is 0. The Kier molecular flexibility index (Phi) is 5.10. The fourth-order valence-electron chi connectivity index (χ4n) is 1.58. The smallest absolute Gasteiger partial charge is 0.412 e. The van der Waals surface area contributed by atoms with Crippen LogP contribution in [0, 0.1) is 0 Å². The first kappa shape index (κ1) is 16.0. The second-order valence-electron chi connectivity index (χ2n) is 5.33. The summed E-state index contributed by atoms with van der Waals surface area (Å²) in [6.07, 6.45) is -0.620. The van der Waals surface area contributed by atoms with Gasteiger partial charge in [0.05, 0.1) is 6.61 Å². The first-order chi connectivity index (χ1) is 9.23. The van der Waals surface area contributed by atoms with Crippen LogP contribution in [0.1, 0.15) is 32.3 Å². The van der Waals surface area contributed by atoms with E-state index in [9.17, 15) is 9.59 Å². The fourth-order valence-corrected chi connectivity index (χ4v) is 1.58. The lowest BCUT2D eigenvalue weighted by Gasteiger charge is -2.20. The first-order valence-corrected chi connectivity index (χ1v) is 6.16. The van der Waals surface area contributed by atoms with Crippen LogP contribution in [-0.2, 0) is 9.53 Å². The molecule has 1 unspecified atom stereocenters. The van der Waals surface area contributed by atoms with E-state index in [4.69, 9.17) is 14.9 Å². The lowest BCUT2D eigenvalue weighted by Crippen LogP contribution is -2.27. The van der Waals surface area contributed by atoms with Crippen molar-refractivity contribution < 1.29 is 24.5 Å². The van der Waals surface area contributed by atoms with Crippen molar-refractivity contribution in [2.24, 2.45) is 0 Å². The quantitative estimate of drug-likeness (QED) is 0.786. The molecule has 0 radical (unpaired) electrons. The number of carbonyl (C=O) groups excluding carboxylic acids is 1. The number of anilines is 1. The number of aliphatic hydroxyl groups is 1. The maximum Gasteiger partial charge on any atom is 0.412 e. The van der Waals surface area contributed by atoms with Gasteiger partial charge in [-0.05, 0) is 38.5 Å². The number of hydrogen-bond acceptors (Lipinski definition) is 4. The second-order valence-corrected chi connectivity index (χ2v) is 5.33. The summed E-state index contributed by atoms with van der Waals surface area (Å²) in [5.74, 6) is -2.14. The van der Waals surface area contributed by atoms with Crippen LogP contribution in [0.25, 0.3) is 0 Å². The molecular weight excluding hydrogens is 262 g/mol. The molecule has 1 aromatic carbocycles. The Balaban J connectivity index is 2.83. The predicted octanol–water partition coefficient (Wildman–Crippen LogP) is 2.19. The van der Waals surface area contributed by atoms with Gasteiger partial charge in [-0.3, -0.25) is 10.1 Å². The zero-order chi connectivity index (χ0) is 15.3. The molecule has 20 heavy (non-hydrogen) atoms. The van der Waals surface area contributed by atoms with Gasteiger partial charge in [-0.2, -0.15) is 0 Å². The van der Waals surface area contributed by atoms with Crippen LogP contribution in [0.3, 0.4) is 0 Å². The molecule has 0 aliphatic heterocycles. The van der Waals surface area contributed by atoms with Crippen molar-refractivity contribution in [3.05, 3.63) is 29.8 Å². The largest absolute Gasteiger partial charge is 0.481 e. The van der Waals surface area contributed by atoms with Crippen molar-refractivity contribution in [2.75, 3.05) is 11.9 Å². The van der Waals surface area contributed by atoms with E-state index in [0.29, 0.717) is 11.3 Å². The highest BCUT2D eigenvalue weighted by molar-refractivity contribution is 5.85. The number of nitrogens with one attached hydrogen (secondary N) is 1. The average Bonchev–Trinajstić information content (AvgIpc) is 2.26. The second kappa shape index (κ2) is 6.38. The molecule has 0 fully saturated rings. The Morgan fingerprint density at radius 2 is 2.00 bits per heavy atom. The number of carboxylic acid groups (broad SMARTS) is 1. The maximum absolute atomic E-state index is 11.6. The van der Waals surface area contributed by atoms with Crippen molar-refractivity contribution in [2.45, 2.75) is 32.3 Å². The average molecular weight is 281 g/mol. The van der Waals surface area contributed by atoms with E-state index in [2.05, 4.69) is 5.32 Å². The highest BCUT2D eigenvalue weighted by atomic mass is 16.6. The summed E-state index contributed by atoms with van der Waals surface area (Å²) in [4.78, 5) is 22.6. The van der Waals surface area contributed by atoms with Crippen molar-refractivity contribution in [3.63, 3.8) is 0 Å². The number of hydrogen-bond donors (Lipinski definition) is 3. The van der Waals surface area contributed by atoms with Crippen LogP contribution in [0.2, 0.25) is 0 Å². The molecule has 6 heteroatoms. The summed E-state index contributed by atoms with van der Waals surface area (Å²) < 4.78 is 5.10. The van der Waals surface area contributed by atoms with Crippen LogP contribution in [0.5, 0.6) is 0 Å². The Morgan fingerprint density at radius 1 is 1.35 bits per heavy atom. The number of benzene rings is 1.